The summed E-state index contributed by atoms with van der Waals surface area (Å²) in [5, 5.41) is 5.42. The highest BCUT2D eigenvalue weighted by Gasteiger charge is 2.09. The molecule has 24 heavy (non-hydrogen) atoms. The molecule has 0 aliphatic heterocycles. The Morgan fingerprint density at radius 1 is 1.21 bits per heavy atom. The summed E-state index contributed by atoms with van der Waals surface area (Å²) in [4.78, 5) is 16.7. The van der Waals surface area contributed by atoms with Crippen molar-refractivity contribution in [1.82, 2.24) is 4.98 Å². The summed E-state index contributed by atoms with van der Waals surface area (Å²) in [5.74, 6) is 0.657. The summed E-state index contributed by atoms with van der Waals surface area (Å²) in [6.45, 7) is 2.05. The van der Waals surface area contributed by atoms with Gasteiger partial charge in [-0.05, 0) is 24.6 Å². The van der Waals surface area contributed by atoms with Crippen LogP contribution in [0, 0.1) is 6.92 Å². The molecule has 1 amide bonds. The molecule has 0 fully saturated rings. The highest BCUT2D eigenvalue weighted by Crippen LogP contribution is 2.25. The van der Waals surface area contributed by atoms with Gasteiger partial charge in [0.05, 0.1) is 19.2 Å². The second-order valence-corrected chi connectivity index (χ2v) is 6.34. The third-order valence-electron chi connectivity index (χ3n) is 3.60. The monoisotopic (exact) mass is 338 g/mol. The van der Waals surface area contributed by atoms with E-state index in [-0.39, 0.29) is 12.3 Å². The number of hydrogen-bond donors (Lipinski definition) is 1. The predicted molar refractivity (Wildman–Crippen MR) is 97.6 cm³/mol. The summed E-state index contributed by atoms with van der Waals surface area (Å²) in [5.41, 5.74) is 4.03. The van der Waals surface area contributed by atoms with Crippen LogP contribution in [0.4, 0.5) is 5.13 Å². The lowest BCUT2D eigenvalue weighted by Gasteiger charge is -2.04. The van der Waals surface area contributed by atoms with Crippen molar-refractivity contribution in [2.45, 2.75) is 13.3 Å². The Labute approximate surface area is 145 Å². The fourth-order valence-corrected chi connectivity index (χ4v) is 3.06. The Morgan fingerprint density at radius 3 is 2.75 bits per heavy atom. The number of benzene rings is 2. The van der Waals surface area contributed by atoms with Crippen LogP contribution in [0.3, 0.4) is 0 Å². The molecule has 122 valence electrons. The first-order valence-electron chi connectivity index (χ1n) is 7.59. The molecule has 0 bridgehead atoms. The number of hydrogen-bond acceptors (Lipinski definition) is 4. The van der Waals surface area contributed by atoms with Crippen LogP contribution in [0.15, 0.2) is 53.9 Å². The van der Waals surface area contributed by atoms with Crippen LogP contribution in [0.2, 0.25) is 0 Å². The van der Waals surface area contributed by atoms with E-state index < -0.39 is 0 Å². The van der Waals surface area contributed by atoms with Crippen molar-refractivity contribution in [2.75, 3.05) is 12.4 Å². The third kappa shape index (κ3) is 4.00. The van der Waals surface area contributed by atoms with E-state index in [4.69, 9.17) is 4.74 Å². The van der Waals surface area contributed by atoms with E-state index in [2.05, 4.69) is 29.4 Å². The predicted octanol–water partition coefficient (Wildman–Crippen LogP) is 4.31. The van der Waals surface area contributed by atoms with Crippen molar-refractivity contribution >= 4 is 22.4 Å². The molecule has 1 N–H and O–H groups in total. The molecule has 0 saturated heterocycles. The maximum atomic E-state index is 12.2. The Kier molecular flexibility index (Phi) is 4.91. The molecule has 2 aromatic carbocycles. The standard InChI is InChI=1S/C19H18N2O2S/c1-13-6-8-15(9-7-13)17-12-24-19(20-17)21-18(22)11-14-4-3-5-16(10-14)23-2/h3-10,12H,11H2,1-2H3,(H,20,21,22). The number of thiazole rings is 1. The van der Waals surface area contributed by atoms with Crippen LogP contribution < -0.4 is 10.1 Å². The number of nitrogens with one attached hydrogen (secondary N) is 1. The van der Waals surface area contributed by atoms with Gasteiger partial charge in [-0.15, -0.1) is 11.3 Å². The number of aryl methyl sites for hydroxylation is 1. The van der Waals surface area contributed by atoms with Crippen molar-refractivity contribution in [2.24, 2.45) is 0 Å². The number of amides is 1. The normalized spacial score (nSPS) is 10.4. The molecule has 0 aliphatic carbocycles. The molecule has 1 aromatic heterocycles. The lowest BCUT2D eigenvalue weighted by Crippen LogP contribution is -2.14. The number of nitrogens with zero attached hydrogens (tertiary/aromatic N) is 1. The van der Waals surface area contributed by atoms with Gasteiger partial charge >= 0.3 is 0 Å². The quantitative estimate of drug-likeness (QED) is 0.754. The number of methoxy groups -OCH3 is 1. The number of carbonyl (C=O) groups is 1. The first-order valence-corrected chi connectivity index (χ1v) is 8.47. The lowest BCUT2D eigenvalue weighted by molar-refractivity contribution is -0.115. The van der Waals surface area contributed by atoms with Crippen molar-refractivity contribution in [3.05, 3.63) is 65.0 Å². The van der Waals surface area contributed by atoms with E-state index in [0.717, 1.165) is 22.6 Å². The molecule has 0 saturated carbocycles. The smallest absolute Gasteiger partial charge is 0.230 e. The molecule has 0 radical (unpaired) electrons. The van der Waals surface area contributed by atoms with E-state index in [9.17, 15) is 4.79 Å². The minimum atomic E-state index is -0.0898. The second kappa shape index (κ2) is 7.27. The zero-order chi connectivity index (χ0) is 16.9. The molecule has 0 atom stereocenters. The van der Waals surface area contributed by atoms with Crippen molar-refractivity contribution in [3.8, 4) is 17.0 Å². The number of aromatic nitrogens is 1. The van der Waals surface area contributed by atoms with Gasteiger partial charge < -0.3 is 10.1 Å². The van der Waals surface area contributed by atoms with Crippen LogP contribution in [-0.2, 0) is 11.2 Å². The number of carbonyl (C=O) groups excluding carboxylic acids is 1. The minimum absolute atomic E-state index is 0.0898. The van der Waals surface area contributed by atoms with Gasteiger partial charge in [-0.25, -0.2) is 4.98 Å². The SMILES string of the molecule is COc1cccc(CC(=O)Nc2nc(-c3ccc(C)cc3)cs2)c1. The van der Waals surface area contributed by atoms with Crippen LogP contribution in [0.25, 0.3) is 11.3 Å². The van der Waals surface area contributed by atoms with Gasteiger partial charge in [0.2, 0.25) is 5.91 Å². The van der Waals surface area contributed by atoms with Crippen LogP contribution in [0.5, 0.6) is 5.75 Å². The Bertz CT molecular complexity index is 841. The Balaban J connectivity index is 1.65. The highest BCUT2D eigenvalue weighted by molar-refractivity contribution is 7.14. The van der Waals surface area contributed by atoms with Gasteiger partial charge in [0.25, 0.3) is 0 Å². The van der Waals surface area contributed by atoms with Crippen LogP contribution in [0.1, 0.15) is 11.1 Å². The van der Waals surface area contributed by atoms with Crippen molar-refractivity contribution < 1.29 is 9.53 Å². The fraction of sp³-hybridized carbons (Fsp3) is 0.158. The zero-order valence-corrected chi connectivity index (χ0v) is 14.4. The average molecular weight is 338 g/mol. The molecule has 0 spiro atoms. The van der Waals surface area contributed by atoms with Crippen LogP contribution >= 0.6 is 11.3 Å². The topological polar surface area (TPSA) is 51.2 Å². The fourth-order valence-electron chi connectivity index (χ4n) is 2.32. The first-order chi connectivity index (χ1) is 11.6. The summed E-state index contributed by atoms with van der Waals surface area (Å²) < 4.78 is 5.17. The maximum absolute atomic E-state index is 12.2. The molecular formula is C19H18N2O2S. The molecule has 4 nitrogen and oxygen atoms in total. The number of rotatable bonds is 5. The van der Waals surface area contributed by atoms with Gasteiger partial charge in [-0.2, -0.15) is 0 Å². The molecule has 0 unspecified atom stereocenters. The van der Waals surface area contributed by atoms with E-state index in [0.29, 0.717) is 5.13 Å². The van der Waals surface area contributed by atoms with Crippen LogP contribution in [-0.4, -0.2) is 18.0 Å². The Morgan fingerprint density at radius 2 is 2.00 bits per heavy atom. The molecule has 3 aromatic rings. The zero-order valence-electron chi connectivity index (χ0n) is 13.6. The average Bonchev–Trinajstić information content (AvgIpc) is 3.04. The molecular weight excluding hydrogens is 320 g/mol. The largest absolute Gasteiger partial charge is 0.497 e. The minimum Gasteiger partial charge on any atom is -0.497 e. The van der Waals surface area contributed by atoms with E-state index >= 15 is 0 Å². The first kappa shape index (κ1) is 16.2. The third-order valence-corrected chi connectivity index (χ3v) is 4.35. The highest BCUT2D eigenvalue weighted by atomic mass is 32.1. The number of anilines is 1. The molecule has 5 heteroatoms. The second-order valence-electron chi connectivity index (χ2n) is 5.48. The molecule has 3 rings (SSSR count). The summed E-state index contributed by atoms with van der Waals surface area (Å²) in [7, 11) is 1.61. The summed E-state index contributed by atoms with van der Waals surface area (Å²) in [6.07, 6.45) is 0.288. The Hall–Kier alpha value is -2.66. The lowest BCUT2D eigenvalue weighted by atomic mass is 10.1. The van der Waals surface area contributed by atoms with Gasteiger partial charge in [0, 0.05) is 10.9 Å². The summed E-state index contributed by atoms with van der Waals surface area (Å²) in [6, 6.07) is 15.7. The molecule has 0 aliphatic rings. The molecule has 1 heterocycles. The maximum Gasteiger partial charge on any atom is 0.230 e. The van der Waals surface area contributed by atoms with E-state index in [1.165, 1.54) is 16.9 Å². The van der Waals surface area contributed by atoms with Crippen molar-refractivity contribution in [3.63, 3.8) is 0 Å². The number of ether oxygens (including phenoxy) is 1. The van der Waals surface area contributed by atoms with Gasteiger partial charge in [0.1, 0.15) is 5.75 Å². The van der Waals surface area contributed by atoms with E-state index in [1.807, 2.05) is 41.8 Å². The van der Waals surface area contributed by atoms with E-state index in [1.54, 1.807) is 7.11 Å². The van der Waals surface area contributed by atoms with Gasteiger partial charge in [0.15, 0.2) is 5.13 Å². The van der Waals surface area contributed by atoms with Crippen molar-refractivity contribution in [1.29, 1.82) is 0 Å². The summed E-state index contributed by atoms with van der Waals surface area (Å²) >= 11 is 1.43. The van der Waals surface area contributed by atoms with Gasteiger partial charge in [-0.1, -0.05) is 42.0 Å². The van der Waals surface area contributed by atoms with Gasteiger partial charge in [-0.3, -0.25) is 4.79 Å².